The number of rotatable bonds is 8. The summed E-state index contributed by atoms with van der Waals surface area (Å²) in [4.78, 5) is 44.3. The van der Waals surface area contributed by atoms with Crippen molar-refractivity contribution in [2.45, 2.75) is 13.3 Å². The zero-order valence-electron chi connectivity index (χ0n) is 12.7. The molecule has 2 amide bonds. The van der Waals surface area contributed by atoms with Crippen molar-refractivity contribution in [1.82, 2.24) is 10.6 Å². The van der Waals surface area contributed by atoms with E-state index < -0.39 is 34.9 Å². The van der Waals surface area contributed by atoms with E-state index in [0.29, 0.717) is 0 Å². The number of hydrogen-bond donors (Lipinski definition) is 3. The van der Waals surface area contributed by atoms with Gasteiger partial charge in [0, 0.05) is 19.0 Å². The third kappa shape index (κ3) is 5.84. The van der Waals surface area contributed by atoms with Gasteiger partial charge in [-0.15, -0.1) is 0 Å². The Morgan fingerprint density at radius 1 is 1.33 bits per heavy atom. The van der Waals surface area contributed by atoms with Crippen molar-refractivity contribution in [2.24, 2.45) is 5.92 Å². The first-order valence-corrected chi connectivity index (χ1v) is 7.29. The molecule has 0 radical (unpaired) electrons. The summed E-state index contributed by atoms with van der Waals surface area (Å²) in [6.45, 7) is 1.37. The highest BCUT2D eigenvalue weighted by molar-refractivity contribution is 6.34. The molecule has 0 saturated heterocycles. The van der Waals surface area contributed by atoms with Crippen LogP contribution >= 0.6 is 11.6 Å². The molecule has 0 saturated carbocycles. The minimum absolute atomic E-state index is 0.0988. The maximum atomic E-state index is 12.0. The Morgan fingerprint density at radius 3 is 2.58 bits per heavy atom. The van der Waals surface area contributed by atoms with Gasteiger partial charge < -0.3 is 15.7 Å². The minimum Gasteiger partial charge on any atom is -0.481 e. The van der Waals surface area contributed by atoms with E-state index in [1.807, 2.05) is 0 Å². The second kappa shape index (κ2) is 8.82. The van der Waals surface area contributed by atoms with Crippen molar-refractivity contribution in [3.05, 3.63) is 38.9 Å². The molecule has 0 bridgehead atoms. The lowest BCUT2D eigenvalue weighted by Crippen LogP contribution is -2.39. The van der Waals surface area contributed by atoms with Gasteiger partial charge in [-0.3, -0.25) is 24.5 Å². The Labute approximate surface area is 142 Å². The predicted molar refractivity (Wildman–Crippen MR) is 84.9 cm³/mol. The number of carbonyl (C=O) groups is 3. The average molecular weight is 358 g/mol. The smallest absolute Gasteiger partial charge is 0.303 e. The lowest BCUT2D eigenvalue weighted by Gasteiger charge is -2.11. The quantitative estimate of drug-likeness (QED) is 0.472. The fourth-order valence-corrected chi connectivity index (χ4v) is 2.11. The topological polar surface area (TPSA) is 139 Å². The summed E-state index contributed by atoms with van der Waals surface area (Å²) in [5.74, 6) is -2.64. The van der Waals surface area contributed by atoms with Crippen molar-refractivity contribution >= 4 is 35.1 Å². The molecule has 0 heterocycles. The van der Waals surface area contributed by atoms with E-state index >= 15 is 0 Å². The molecule has 1 rings (SSSR count). The molecule has 10 heteroatoms. The summed E-state index contributed by atoms with van der Waals surface area (Å²) in [7, 11) is 0. The van der Waals surface area contributed by atoms with Gasteiger partial charge in [0.2, 0.25) is 5.91 Å². The molecule has 0 fully saturated rings. The van der Waals surface area contributed by atoms with Gasteiger partial charge in [-0.05, 0) is 12.0 Å². The number of carbonyl (C=O) groups excluding carboxylic acids is 2. The molecule has 1 aromatic rings. The molecule has 0 spiro atoms. The van der Waals surface area contributed by atoms with Crippen LogP contribution in [-0.2, 0) is 9.59 Å². The molecule has 1 aromatic carbocycles. The Hall–Kier alpha value is -2.68. The lowest BCUT2D eigenvalue weighted by atomic mass is 10.1. The van der Waals surface area contributed by atoms with Crippen LogP contribution < -0.4 is 10.6 Å². The lowest BCUT2D eigenvalue weighted by molar-refractivity contribution is -0.385. The maximum Gasteiger partial charge on any atom is 0.303 e. The summed E-state index contributed by atoms with van der Waals surface area (Å²) in [6, 6.07) is 3.80. The van der Waals surface area contributed by atoms with Crippen molar-refractivity contribution in [3.8, 4) is 0 Å². The highest BCUT2D eigenvalue weighted by Gasteiger charge is 2.23. The van der Waals surface area contributed by atoms with Gasteiger partial charge in [-0.1, -0.05) is 24.6 Å². The van der Waals surface area contributed by atoms with Crippen LogP contribution in [0.1, 0.15) is 23.7 Å². The standard InChI is InChI=1S/C14H16ClN3O6/c1-8(5-12(20)21)6-16-11(19)7-17-14(22)13-9(15)3-2-4-10(13)18(23)24/h2-4,8H,5-7H2,1H3,(H,16,19)(H,17,22)(H,20,21). The van der Waals surface area contributed by atoms with Gasteiger partial charge in [-0.2, -0.15) is 0 Å². The van der Waals surface area contributed by atoms with Crippen LogP contribution in [0.5, 0.6) is 0 Å². The highest BCUT2D eigenvalue weighted by atomic mass is 35.5. The van der Waals surface area contributed by atoms with Crippen LogP contribution in [0.4, 0.5) is 5.69 Å². The fraction of sp³-hybridized carbons (Fsp3) is 0.357. The number of hydrogen-bond acceptors (Lipinski definition) is 5. The van der Waals surface area contributed by atoms with E-state index in [0.717, 1.165) is 6.07 Å². The normalized spacial score (nSPS) is 11.4. The van der Waals surface area contributed by atoms with Crippen LogP contribution in [0.2, 0.25) is 5.02 Å². The van der Waals surface area contributed by atoms with Gasteiger partial charge >= 0.3 is 5.97 Å². The molecule has 0 aromatic heterocycles. The number of halogens is 1. The SMILES string of the molecule is CC(CNC(=O)CNC(=O)c1c(Cl)cccc1[N+](=O)[O-])CC(=O)O. The Bertz CT molecular complexity index is 664. The van der Waals surface area contributed by atoms with Gasteiger partial charge in [0.1, 0.15) is 5.56 Å². The molecule has 3 N–H and O–H groups in total. The average Bonchev–Trinajstić information content (AvgIpc) is 2.49. The van der Waals surface area contributed by atoms with Crippen LogP contribution in [-0.4, -0.2) is 40.9 Å². The second-order valence-electron chi connectivity index (χ2n) is 5.08. The minimum atomic E-state index is -0.976. The number of aliphatic carboxylic acids is 1. The van der Waals surface area contributed by atoms with Crippen molar-refractivity contribution in [1.29, 1.82) is 0 Å². The van der Waals surface area contributed by atoms with E-state index in [4.69, 9.17) is 16.7 Å². The molecular weight excluding hydrogens is 342 g/mol. The van der Waals surface area contributed by atoms with Crippen LogP contribution in [0.25, 0.3) is 0 Å². The largest absolute Gasteiger partial charge is 0.481 e. The van der Waals surface area contributed by atoms with Gasteiger partial charge in [0.25, 0.3) is 11.6 Å². The number of benzene rings is 1. The summed E-state index contributed by atoms with van der Waals surface area (Å²) >= 11 is 5.81. The summed E-state index contributed by atoms with van der Waals surface area (Å²) in [5.41, 5.74) is -0.785. The predicted octanol–water partition coefficient (Wildman–Crippen LogP) is 1.20. The van der Waals surface area contributed by atoms with Crippen LogP contribution in [0.3, 0.4) is 0 Å². The zero-order valence-corrected chi connectivity index (χ0v) is 13.5. The monoisotopic (exact) mass is 357 g/mol. The van der Waals surface area contributed by atoms with Crippen LogP contribution in [0.15, 0.2) is 18.2 Å². The Balaban J connectivity index is 2.59. The van der Waals surface area contributed by atoms with Crippen molar-refractivity contribution in [2.75, 3.05) is 13.1 Å². The number of carboxylic acid groups (broad SMARTS) is 1. The van der Waals surface area contributed by atoms with E-state index in [9.17, 15) is 24.5 Å². The molecular formula is C14H16ClN3O6. The molecule has 24 heavy (non-hydrogen) atoms. The second-order valence-corrected chi connectivity index (χ2v) is 5.49. The first-order valence-electron chi connectivity index (χ1n) is 6.92. The van der Waals surface area contributed by atoms with Gasteiger partial charge in [0.05, 0.1) is 16.5 Å². The number of nitro groups is 1. The van der Waals surface area contributed by atoms with E-state index in [1.54, 1.807) is 6.92 Å². The van der Waals surface area contributed by atoms with Crippen molar-refractivity contribution in [3.63, 3.8) is 0 Å². The van der Waals surface area contributed by atoms with Gasteiger partial charge in [-0.25, -0.2) is 0 Å². The number of carboxylic acids is 1. The third-order valence-corrected chi connectivity index (χ3v) is 3.31. The summed E-state index contributed by atoms with van der Waals surface area (Å²) in [5, 5.41) is 24.1. The number of nitrogens with zero attached hydrogens (tertiary/aromatic N) is 1. The maximum absolute atomic E-state index is 12.0. The molecule has 130 valence electrons. The third-order valence-electron chi connectivity index (χ3n) is 3.00. The number of amides is 2. The molecule has 0 aliphatic rings. The molecule has 9 nitrogen and oxygen atoms in total. The van der Waals surface area contributed by atoms with E-state index in [-0.39, 0.29) is 29.5 Å². The highest BCUT2D eigenvalue weighted by Crippen LogP contribution is 2.25. The fourth-order valence-electron chi connectivity index (χ4n) is 1.86. The summed E-state index contributed by atoms with van der Waals surface area (Å²) < 4.78 is 0. The summed E-state index contributed by atoms with van der Waals surface area (Å²) in [6.07, 6.45) is -0.0988. The first-order chi connectivity index (χ1) is 11.2. The van der Waals surface area contributed by atoms with E-state index in [1.165, 1.54) is 12.1 Å². The Kier molecular flexibility index (Phi) is 7.12. The zero-order chi connectivity index (χ0) is 18.3. The Morgan fingerprint density at radius 2 is 2.00 bits per heavy atom. The molecule has 1 unspecified atom stereocenters. The molecule has 0 aliphatic carbocycles. The number of nitro benzene ring substituents is 1. The first kappa shape index (κ1) is 19.4. The molecule has 0 aliphatic heterocycles. The van der Waals surface area contributed by atoms with Gasteiger partial charge in [0.15, 0.2) is 0 Å². The van der Waals surface area contributed by atoms with E-state index in [2.05, 4.69) is 10.6 Å². The number of nitrogens with one attached hydrogen (secondary N) is 2. The molecule has 1 atom stereocenters. The van der Waals surface area contributed by atoms with Crippen molar-refractivity contribution < 1.29 is 24.4 Å². The van der Waals surface area contributed by atoms with Crippen LogP contribution in [0, 0.1) is 16.0 Å².